The minimum Gasteiger partial charge on any atom is -0.508 e. The molecular weight excluding hydrogens is 508 g/mol. The van der Waals surface area contributed by atoms with E-state index < -0.39 is 0 Å². The largest absolute Gasteiger partial charge is 0.508 e. The molecule has 0 aliphatic heterocycles. The van der Waals surface area contributed by atoms with Crippen LogP contribution in [0.2, 0.25) is 0 Å². The summed E-state index contributed by atoms with van der Waals surface area (Å²) in [6.45, 7) is 17.7. The Morgan fingerprint density at radius 1 is 0.902 bits per heavy atom. The van der Waals surface area contributed by atoms with Crippen LogP contribution in [0.5, 0.6) is 5.75 Å². The molecule has 0 saturated heterocycles. The zero-order valence-electron chi connectivity index (χ0n) is 26.6. The van der Waals surface area contributed by atoms with E-state index in [4.69, 9.17) is 4.74 Å². The number of aromatic hydroxyl groups is 1. The van der Waals surface area contributed by atoms with E-state index in [1.54, 1.807) is 29.8 Å². The summed E-state index contributed by atoms with van der Waals surface area (Å²) in [5.74, 6) is 2.44. The topological polar surface area (TPSA) is 66.8 Å². The molecule has 10 unspecified atom stereocenters. The van der Waals surface area contributed by atoms with E-state index in [-0.39, 0.29) is 39.5 Å². The molecule has 226 valence electrons. The minimum absolute atomic E-state index is 0.110. The Morgan fingerprint density at radius 2 is 1.61 bits per heavy atom. The number of esters is 1. The molecule has 1 aromatic rings. The molecule has 0 bridgehead atoms. The fourth-order valence-corrected chi connectivity index (χ4v) is 11.9. The van der Waals surface area contributed by atoms with Crippen LogP contribution in [0.1, 0.15) is 117 Å². The maximum absolute atomic E-state index is 13.1. The van der Waals surface area contributed by atoms with Gasteiger partial charge in [-0.2, -0.15) is 0 Å². The van der Waals surface area contributed by atoms with E-state index in [1.807, 2.05) is 0 Å². The number of carbonyl (C=O) groups is 1. The molecule has 0 amide bonds. The molecule has 4 heteroatoms. The van der Waals surface area contributed by atoms with Crippen molar-refractivity contribution >= 4 is 5.97 Å². The maximum Gasteiger partial charge on any atom is 0.338 e. The van der Waals surface area contributed by atoms with Gasteiger partial charge >= 0.3 is 5.97 Å². The predicted molar refractivity (Wildman–Crippen MR) is 163 cm³/mol. The number of benzene rings is 1. The molecular formula is C37H54O4. The van der Waals surface area contributed by atoms with Crippen molar-refractivity contribution in [1.82, 2.24) is 0 Å². The van der Waals surface area contributed by atoms with Crippen LogP contribution in [-0.4, -0.2) is 28.9 Å². The Labute approximate surface area is 248 Å². The lowest BCUT2D eigenvalue weighted by Crippen LogP contribution is -2.65. The Hall–Kier alpha value is -1.81. The lowest BCUT2D eigenvalue weighted by atomic mass is 9.33. The van der Waals surface area contributed by atoms with E-state index in [1.165, 1.54) is 38.5 Å². The fourth-order valence-electron chi connectivity index (χ4n) is 11.9. The highest BCUT2D eigenvalue weighted by Gasteiger charge is 2.68. The predicted octanol–water partition coefficient (Wildman–Crippen LogP) is 8.57. The molecule has 2 N–H and O–H groups in total. The molecule has 0 spiro atoms. The van der Waals surface area contributed by atoms with Crippen molar-refractivity contribution in [2.24, 2.45) is 56.7 Å². The number of aliphatic hydroxyl groups excluding tert-OH is 1. The van der Waals surface area contributed by atoms with Gasteiger partial charge in [0.1, 0.15) is 11.9 Å². The van der Waals surface area contributed by atoms with Crippen molar-refractivity contribution in [1.29, 1.82) is 0 Å². The summed E-state index contributed by atoms with van der Waals surface area (Å²) < 4.78 is 6.24. The summed E-state index contributed by atoms with van der Waals surface area (Å²) in [5.41, 5.74) is 3.01. The number of ether oxygens (including phenoxy) is 1. The Balaban J connectivity index is 1.31. The van der Waals surface area contributed by atoms with Crippen molar-refractivity contribution < 1.29 is 19.7 Å². The van der Waals surface area contributed by atoms with Crippen LogP contribution in [0.15, 0.2) is 35.9 Å². The van der Waals surface area contributed by atoms with E-state index in [2.05, 4.69) is 54.5 Å². The SMILES string of the molecule is CC1CCC2(C)CCC3(C)C(=CCC4C5(C)CCC(OC(=O)c6ccc(O)cc6)C(C)(C)C5CCC43C)C2C1CO. The van der Waals surface area contributed by atoms with Gasteiger partial charge in [-0.15, -0.1) is 0 Å². The van der Waals surface area contributed by atoms with Crippen LogP contribution in [0, 0.1) is 56.7 Å². The van der Waals surface area contributed by atoms with E-state index in [9.17, 15) is 15.0 Å². The van der Waals surface area contributed by atoms with Gasteiger partial charge in [0.2, 0.25) is 0 Å². The normalized spacial score (nSPS) is 46.7. The second kappa shape index (κ2) is 9.60. The van der Waals surface area contributed by atoms with Gasteiger partial charge in [-0.25, -0.2) is 4.79 Å². The summed E-state index contributed by atoms with van der Waals surface area (Å²) in [4.78, 5) is 13.1. The number of carbonyl (C=O) groups excluding carboxylic acids is 1. The summed E-state index contributed by atoms with van der Waals surface area (Å²) in [6.07, 6.45) is 13.2. The number of fused-ring (bicyclic) bond motifs is 7. The summed E-state index contributed by atoms with van der Waals surface area (Å²) >= 11 is 0. The summed E-state index contributed by atoms with van der Waals surface area (Å²) in [7, 11) is 0. The van der Waals surface area contributed by atoms with Gasteiger partial charge in [0, 0.05) is 12.0 Å². The first-order valence-corrected chi connectivity index (χ1v) is 16.5. The zero-order valence-corrected chi connectivity index (χ0v) is 26.6. The van der Waals surface area contributed by atoms with Gasteiger partial charge in [0.15, 0.2) is 0 Å². The average molecular weight is 563 g/mol. The number of allylic oxidation sites excluding steroid dienone is 2. The van der Waals surface area contributed by atoms with Crippen LogP contribution in [0.3, 0.4) is 0 Å². The van der Waals surface area contributed by atoms with Gasteiger partial charge in [0.05, 0.1) is 5.56 Å². The standard InChI is InChI=1S/C37H54O4/c1-23-14-17-34(4)20-21-36(6)27(31(34)26(23)22-38)12-13-29-35(5)18-16-30(33(2,3)28(35)15-19-37(29,36)7)41-32(40)24-8-10-25(39)11-9-24/h8-12,23,26,28-31,38-39H,13-22H2,1-7H3. The van der Waals surface area contributed by atoms with E-state index in [0.29, 0.717) is 47.2 Å². The number of phenolic OH excluding ortho intramolecular Hbond substituents is 1. The number of phenols is 1. The number of aliphatic hydroxyl groups is 1. The maximum atomic E-state index is 13.1. The molecule has 5 aliphatic rings. The monoisotopic (exact) mass is 562 g/mol. The van der Waals surface area contributed by atoms with Gasteiger partial charge in [0.25, 0.3) is 0 Å². The average Bonchev–Trinajstić information content (AvgIpc) is 2.92. The third kappa shape index (κ3) is 4.05. The number of hydrogen-bond donors (Lipinski definition) is 2. The Kier molecular flexibility index (Phi) is 6.85. The minimum atomic E-state index is -0.282. The molecule has 0 aromatic heterocycles. The molecule has 4 fully saturated rings. The molecule has 0 radical (unpaired) electrons. The highest BCUT2D eigenvalue weighted by atomic mass is 16.5. The first-order chi connectivity index (χ1) is 19.2. The molecule has 1 aromatic carbocycles. The first-order valence-electron chi connectivity index (χ1n) is 16.5. The highest BCUT2D eigenvalue weighted by Crippen LogP contribution is 2.75. The lowest BCUT2D eigenvalue weighted by molar-refractivity contribution is -0.204. The molecule has 4 saturated carbocycles. The van der Waals surface area contributed by atoms with Crippen molar-refractivity contribution in [2.75, 3.05) is 6.61 Å². The Bertz CT molecular complexity index is 1220. The Morgan fingerprint density at radius 3 is 2.29 bits per heavy atom. The van der Waals surface area contributed by atoms with E-state index >= 15 is 0 Å². The lowest BCUT2D eigenvalue weighted by Gasteiger charge is -2.71. The third-order valence-electron chi connectivity index (χ3n) is 14.6. The van der Waals surface area contributed by atoms with Crippen LogP contribution in [0.4, 0.5) is 0 Å². The molecule has 10 atom stereocenters. The summed E-state index contributed by atoms with van der Waals surface area (Å²) in [6, 6.07) is 6.41. The van der Waals surface area contributed by atoms with Crippen LogP contribution >= 0.6 is 0 Å². The summed E-state index contributed by atoms with van der Waals surface area (Å²) in [5, 5.41) is 20.3. The molecule has 6 rings (SSSR count). The zero-order chi connectivity index (χ0) is 29.6. The van der Waals surface area contributed by atoms with Crippen LogP contribution in [-0.2, 0) is 4.74 Å². The van der Waals surface area contributed by atoms with Crippen molar-refractivity contribution in [2.45, 2.75) is 112 Å². The third-order valence-corrected chi connectivity index (χ3v) is 14.6. The second-order valence-corrected chi connectivity index (χ2v) is 16.6. The van der Waals surface area contributed by atoms with Crippen molar-refractivity contribution in [3.05, 3.63) is 41.5 Å². The first kappa shape index (κ1) is 29.3. The van der Waals surface area contributed by atoms with Crippen molar-refractivity contribution in [3.63, 3.8) is 0 Å². The fraction of sp³-hybridized carbons (Fsp3) is 0.757. The van der Waals surface area contributed by atoms with Gasteiger partial charge < -0.3 is 14.9 Å². The smallest absolute Gasteiger partial charge is 0.338 e. The van der Waals surface area contributed by atoms with Gasteiger partial charge in [-0.1, -0.05) is 60.1 Å². The van der Waals surface area contributed by atoms with E-state index in [0.717, 1.165) is 19.3 Å². The molecule has 0 heterocycles. The highest BCUT2D eigenvalue weighted by molar-refractivity contribution is 5.89. The molecule has 41 heavy (non-hydrogen) atoms. The van der Waals surface area contributed by atoms with Crippen LogP contribution < -0.4 is 0 Å². The number of rotatable bonds is 3. The van der Waals surface area contributed by atoms with Crippen molar-refractivity contribution in [3.8, 4) is 5.75 Å². The molecule has 4 nitrogen and oxygen atoms in total. The number of hydrogen-bond acceptors (Lipinski definition) is 4. The second-order valence-electron chi connectivity index (χ2n) is 16.6. The van der Waals surface area contributed by atoms with Crippen LogP contribution in [0.25, 0.3) is 0 Å². The van der Waals surface area contributed by atoms with Gasteiger partial charge in [-0.3, -0.25) is 0 Å². The van der Waals surface area contributed by atoms with Gasteiger partial charge in [-0.05, 0) is 133 Å². The quantitative estimate of drug-likeness (QED) is 0.286. The molecule has 5 aliphatic carbocycles.